The van der Waals surface area contributed by atoms with Crippen LogP contribution in [0.25, 0.3) is 0 Å². The monoisotopic (exact) mass is 203 g/mol. The average Bonchev–Trinajstić information content (AvgIpc) is 2.18. The van der Waals surface area contributed by atoms with E-state index in [0.29, 0.717) is 5.92 Å². The molecule has 0 N–H and O–H groups in total. The molecule has 15 heavy (non-hydrogen) atoms. The smallest absolute Gasteiger partial charge is 0.0342 e. The molecule has 0 saturated heterocycles. The summed E-state index contributed by atoms with van der Waals surface area (Å²) in [6.45, 7) is 15.9. The predicted molar refractivity (Wildman–Crippen MR) is 70.2 cm³/mol. The van der Waals surface area contributed by atoms with Crippen molar-refractivity contribution in [3.8, 4) is 0 Å². The zero-order valence-corrected chi connectivity index (χ0v) is 10.2. The third kappa shape index (κ3) is 5.16. The number of allylic oxidation sites excluding steroid dienone is 5. The fourth-order valence-electron chi connectivity index (χ4n) is 1.04. The summed E-state index contributed by atoms with van der Waals surface area (Å²) in [6.07, 6.45) is 7.29. The second kappa shape index (κ2) is 6.99. The van der Waals surface area contributed by atoms with E-state index >= 15 is 0 Å². The molecule has 82 valence electrons. The Bertz CT molecular complexity index is 314. The third-order valence-electron chi connectivity index (χ3n) is 2.35. The van der Waals surface area contributed by atoms with E-state index < -0.39 is 0 Å². The molecule has 0 fully saturated rings. The summed E-state index contributed by atoms with van der Waals surface area (Å²) in [6, 6.07) is 0. The van der Waals surface area contributed by atoms with Gasteiger partial charge >= 0.3 is 0 Å². The standard InChI is InChI=1S/C14H21N/c1-7-14(10-15-8-2)13(6)9-12(5)11(3)4/h7-11H,1-2H2,3-6H3/b12-9+,14-13+,15-10?. The van der Waals surface area contributed by atoms with Crippen LogP contribution in [0.1, 0.15) is 27.7 Å². The zero-order chi connectivity index (χ0) is 11.8. The molecule has 0 radical (unpaired) electrons. The molecule has 0 aliphatic rings. The Labute approximate surface area is 93.6 Å². The lowest BCUT2D eigenvalue weighted by atomic mass is 10.0. The Morgan fingerprint density at radius 1 is 1.20 bits per heavy atom. The number of rotatable bonds is 5. The summed E-state index contributed by atoms with van der Waals surface area (Å²) in [5.74, 6) is 0.572. The maximum Gasteiger partial charge on any atom is 0.0342 e. The lowest BCUT2D eigenvalue weighted by Gasteiger charge is -2.06. The highest BCUT2D eigenvalue weighted by Crippen LogP contribution is 2.13. The molecule has 0 aliphatic heterocycles. The average molecular weight is 203 g/mol. The molecule has 1 heteroatoms. The summed E-state index contributed by atoms with van der Waals surface area (Å²) in [5, 5.41) is 0. The summed E-state index contributed by atoms with van der Waals surface area (Å²) >= 11 is 0. The zero-order valence-electron chi connectivity index (χ0n) is 10.2. The Morgan fingerprint density at radius 2 is 1.80 bits per heavy atom. The van der Waals surface area contributed by atoms with E-state index in [1.165, 1.54) is 17.3 Å². The van der Waals surface area contributed by atoms with Crippen molar-refractivity contribution >= 4 is 6.21 Å². The molecule has 0 heterocycles. The number of hydrogen-bond acceptors (Lipinski definition) is 1. The molecule has 0 spiro atoms. The molecule has 0 saturated carbocycles. The second-order valence-corrected chi connectivity index (χ2v) is 3.85. The van der Waals surface area contributed by atoms with Gasteiger partial charge in [-0.2, -0.15) is 0 Å². The minimum atomic E-state index is 0.572. The van der Waals surface area contributed by atoms with Crippen molar-refractivity contribution in [1.29, 1.82) is 0 Å². The van der Waals surface area contributed by atoms with Gasteiger partial charge in [0.05, 0.1) is 0 Å². The Kier molecular flexibility index (Phi) is 6.35. The highest BCUT2D eigenvalue weighted by atomic mass is 14.7. The topological polar surface area (TPSA) is 12.4 Å². The van der Waals surface area contributed by atoms with Gasteiger partial charge < -0.3 is 0 Å². The van der Waals surface area contributed by atoms with Crippen molar-refractivity contribution in [1.82, 2.24) is 0 Å². The van der Waals surface area contributed by atoms with Gasteiger partial charge in [0.1, 0.15) is 0 Å². The van der Waals surface area contributed by atoms with E-state index in [-0.39, 0.29) is 0 Å². The first-order valence-electron chi connectivity index (χ1n) is 5.18. The number of hydrogen-bond donors (Lipinski definition) is 0. The summed E-state index contributed by atoms with van der Waals surface area (Å²) in [4.78, 5) is 4.00. The number of aliphatic imine (C=N–C) groups is 1. The van der Waals surface area contributed by atoms with Gasteiger partial charge in [-0.1, -0.05) is 44.7 Å². The fourth-order valence-corrected chi connectivity index (χ4v) is 1.04. The van der Waals surface area contributed by atoms with Crippen molar-refractivity contribution in [2.45, 2.75) is 27.7 Å². The van der Waals surface area contributed by atoms with Crippen molar-refractivity contribution in [3.05, 3.63) is 48.2 Å². The molecule has 0 aromatic carbocycles. The molecule has 0 rings (SSSR count). The first-order valence-corrected chi connectivity index (χ1v) is 5.18. The normalized spacial score (nSPS) is 14.3. The van der Waals surface area contributed by atoms with Gasteiger partial charge in [-0.05, 0) is 30.9 Å². The molecule has 0 bridgehead atoms. The highest BCUT2D eigenvalue weighted by molar-refractivity contribution is 5.84. The van der Waals surface area contributed by atoms with Gasteiger partial charge in [0.25, 0.3) is 0 Å². The van der Waals surface area contributed by atoms with Gasteiger partial charge in [0, 0.05) is 12.4 Å². The molecule has 1 nitrogen and oxygen atoms in total. The van der Waals surface area contributed by atoms with Crippen LogP contribution >= 0.6 is 0 Å². The van der Waals surface area contributed by atoms with Crippen LogP contribution in [0.2, 0.25) is 0 Å². The lowest BCUT2D eigenvalue weighted by molar-refractivity contribution is 0.768. The summed E-state index contributed by atoms with van der Waals surface area (Å²) in [7, 11) is 0. The van der Waals surface area contributed by atoms with Crippen LogP contribution in [0.3, 0.4) is 0 Å². The minimum absolute atomic E-state index is 0.572. The molecular weight excluding hydrogens is 182 g/mol. The van der Waals surface area contributed by atoms with Gasteiger partial charge in [-0.25, -0.2) is 0 Å². The van der Waals surface area contributed by atoms with E-state index in [2.05, 4.69) is 51.9 Å². The first-order chi connectivity index (χ1) is 7.02. The Morgan fingerprint density at radius 3 is 2.20 bits per heavy atom. The van der Waals surface area contributed by atoms with Crippen LogP contribution in [-0.2, 0) is 0 Å². The third-order valence-corrected chi connectivity index (χ3v) is 2.35. The second-order valence-electron chi connectivity index (χ2n) is 3.85. The quantitative estimate of drug-likeness (QED) is 0.466. The number of nitrogens with zero attached hydrogens (tertiary/aromatic N) is 1. The van der Waals surface area contributed by atoms with Crippen LogP contribution < -0.4 is 0 Å². The Hall–Kier alpha value is -1.37. The van der Waals surface area contributed by atoms with E-state index in [9.17, 15) is 0 Å². The first kappa shape index (κ1) is 13.6. The maximum absolute atomic E-state index is 4.00. The van der Waals surface area contributed by atoms with Crippen LogP contribution in [0.4, 0.5) is 0 Å². The van der Waals surface area contributed by atoms with Crippen molar-refractivity contribution < 1.29 is 0 Å². The van der Waals surface area contributed by atoms with Crippen LogP contribution in [-0.4, -0.2) is 6.21 Å². The van der Waals surface area contributed by atoms with Crippen LogP contribution in [0, 0.1) is 5.92 Å². The van der Waals surface area contributed by atoms with Crippen molar-refractivity contribution in [2.75, 3.05) is 0 Å². The summed E-state index contributed by atoms with van der Waals surface area (Å²) < 4.78 is 0. The van der Waals surface area contributed by atoms with Crippen molar-refractivity contribution in [2.24, 2.45) is 10.9 Å². The van der Waals surface area contributed by atoms with Crippen LogP contribution in [0.5, 0.6) is 0 Å². The van der Waals surface area contributed by atoms with Gasteiger partial charge in [-0.15, -0.1) is 0 Å². The Balaban J connectivity index is 5.04. The molecular formula is C14H21N. The molecule has 0 aromatic heterocycles. The maximum atomic E-state index is 4.00. The van der Waals surface area contributed by atoms with Gasteiger partial charge in [0.2, 0.25) is 0 Å². The van der Waals surface area contributed by atoms with Gasteiger partial charge in [-0.3, -0.25) is 4.99 Å². The fraction of sp³-hybridized carbons (Fsp3) is 0.357. The predicted octanol–water partition coefficient (Wildman–Crippen LogP) is 4.31. The van der Waals surface area contributed by atoms with E-state index in [1.54, 1.807) is 6.21 Å². The molecule has 0 aliphatic carbocycles. The van der Waals surface area contributed by atoms with E-state index in [4.69, 9.17) is 0 Å². The summed E-state index contributed by atoms with van der Waals surface area (Å²) in [5.41, 5.74) is 3.58. The lowest BCUT2D eigenvalue weighted by Crippen LogP contribution is -1.91. The molecule has 0 amide bonds. The largest absolute Gasteiger partial charge is 0.265 e. The van der Waals surface area contributed by atoms with Gasteiger partial charge in [0.15, 0.2) is 0 Å². The van der Waals surface area contributed by atoms with E-state index in [0.717, 1.165) is 5.57 Å². The van der Waals surface area contributed by atoms with E-state index in [1.807, 2.05) is 6.08 Å². The minimum Gasteiger partial charge on any atom is -0.265 e. The highest BCUT2D eigenvalue weighted by Gasteiger charge is 1.98. The molecule has 0 unspecified atom stereocenters. The molecule has 0 atom stereocenters. The van der Waals surface area contributed by atoms with Crippen molar-refractivity contribution in [3.63, 3.8) is 0 Å². The molecule has 0 aromatic rings. The SMILES string of the molecule is C=CN=C/C(C=C)=C(C)/C=C(\C)C(C)C. The van der Waals surface area contributed by atoms with Crippen LogP contribution in [0.15, 0.2) is 53.2 Å².